The standard InChI is InChI=1S/C31H31NO5S.ClH/c33-25-6-12-29-23(21-25)4-11-28(22-5-13-30-24(20-22)14-19-38(30,34)35)31(29)37-27-9-7-26(8-10-27)36-18-17-32-15-2-1-3-16-32;/h4-13,20-21,33H,1-3,14-19H2;1H. The monoisotopic (exact) mass is 565 g/mol. The second-order valence-corrected chi connectivity index (χ2v) is 12.1. The van der Waals surface area contributed by atoms with Crippen LogP contribution in [0.5, 0.6) is 23.0 Å². The van der Waals surface area contributed by atoms with Crippen LogP contribution in [0, 0.1) is 0 Å². The van der Waals surface area contributed by atoms with E-state index in [1.807, 2.05) is 54.6 Å². The van der Waals surface area contributed by atoms with E-state index in [0.29, 0.717) is 29.4 Å². The summed E-state index contributed by atoms with van der Waals surface area (Å²) in [5.74, 6) is 2.46. The number of piperidine rings is 1. The van der Waals surface area contributed by atoms with Crippen LogP contribution in [0.15, 0.2) is 77.7 Å². The molecule has 0 spiro atoms. The van der Waals surface area contributed by atoms with Crippen molar-refractivity contribution in [1.29, 1.82) is 0 Å². The highest BCUT2D eigenvalue weighted by molar-refractivity contribution is 7.91. The number of aromatic hydroxyl groups is 1. The zero-order chi connectivity index (χ0) is 26.1. The van der Waals surface area contributed by atoms with Crippen molar-refractivity contribution in [2.24, 2.45) is 0 Å². The molecule has 4 aromatic rings. The average Bonchev–Trinajstić information content (AvgIpc) is 3.24. The lowest BCUT2D eigenvalue weighted by Crippen LogP contribution is -2.33. The molecule has 0 bridgehead atoms. The fraction of sp³-hybridized carbons (Fsp3) is 0.290. The van der Waals surface area contributed by atoms with Crippen LogP contribution in [0.3, 0.4) is 0 Å². The summed E-state index contributed by atoms with van der Waals surface area (Å²) < 4.78 is 37.1. The summed E-state index contributed by atoms with van der Waals surface area (Å²) in [4.78, 5) is 2.88. The first-order chi connectivity index (χ1) is 18.5. The number of phenolic OH excluding ortho intramolecular Hbond substituents is 1. The van der Waals surface area contributed by atoms with Crippen molar-refractivity contribution in [3.8, 4) is 34.1 Å². The SMILES string of the molecule is Cl.O=S1(=O)CCc2cc(-c3ccc4cc(O)ccc4c3Oc3ccc(OCCN4CCCCC4)cc3)ccc21. The molecule has 1 fully saturated rings. The third kappa shape index (κ3) is 5.86. The number of halogens is 1. The third-order valence-corrected chi connectivity index (χ3v) is 9.28. The van der Waals surface area contributed by atoms with Crippen molar-refractivity contribution in [3.63, 3.8) is 0 Å². The van der Waals surface area contributed by atoms with E-state index in [-0.39, 0.29) is 23.9 Å². The zero-order valence-electron chi connectivity index (χ0n) is 21.6. The van der Waals surface area contributed by atoms with E-state index < -0.39 is 9.84 Å². The molecule has 2 aliphatic heterocycles. The molecule has 0 saturated carbocycles. The number of hydrogen-bond donors (Lipinski definition) is 1. The second-order valence-electron chi connectivity index (χ2n) is 10.1. The Morgan fingerprint density at radius 1 is 0.846 bits per heavy atom. The fourth-order valence-corrected chi connectivity index (χ4v) is 6.97. The number of hydrogen-bond acceptors (Lipinski definition) is 6. The molecule has 2 heterocycles. The van der Waals surface area contributed by atoms with Gasteiger partial charge in [-0.3, -0.25) is 4.90 Å². The second kappa shape index (κ2) is 11.5. The predicted octanol–water partition coefficient (Wildman–Crippen LogP) is 6.62. The van der Waals surface area contributed by atoms with E-state index in [1.54, 1.807) is 18.2 Å². The summed E-state index contributed by atoms with van der Waals surface area (Å²) in [6.45, 7) is 3.90. The van der Waals surface area contributed by atoms with Gasteiger partial charge in [-0.1, -0.05) is 18.6 Å². The first kappa shape index (κ1) is 27.3. The van der Waals surface area contributed by atoms with Gasteiger partial charge >= 0.3 is 0 Å². The molecule has 4 aromatic carbocycles. The molecule has 0 aliphatic carbocycles. The molecule has 8 heteroatoms. The number of benzene rings is 4. The van der Waals surface area contributed by atoms with Crippen molar-refractivity contribution >= 4 is 33.0 Å². The van der Waals surface area contributed by atoms with Crippen LogP contribution in [0.1, 0.15) is 24.8 Å². The van der Waals surface area contributed by atoms with Gasteiger partial charge in [-0.15, -0.1) is 12.4 Å². The number of aryl methyl sites for hydroxylation is 1. The summed E-state index contributed by atoms with van der Waals surface area (Å²) in [6, 6.07) is 22.2. The van der Waals surface area contributed by atoms with E-state index in [1.165, 1.54) is 19.3 Å². The number of nitrogens with zero attached hydrogens (tertiary/aromatic N) is 1. The molecule has 0 amide bonds. The zero-order valence-corrected chi connectivity index (χ0v) is 23.3. The fourth-order valence-electron chi connectivity index (χ4n) is 5.42. The molecule has 0 radical (unpaired) electrons. The van der Waals surface area contributed by atoms with Gasteiger partial charge in [-0.2, -0.15) is 0 Å². The Kier molecular flexibility index (Phi) is 8.03. The topological polar surface area (TPSA) is 76.1 Å². The summed E-state index contributed by atoms with van der Waals surface area (Å²) >= 11 is 0. The minimum absolute atomic E-state index is 0. The smallest absolute Gasteiger partial charge is 0.178 e. The minimum Gasteiger partial charge on any atom is -0.508 e. The molecule has 1 N–H and O–H groups in total. The van der Waals surface area contributed by atoms with Gasteiger partial charge in [0.15, 0.2) is 9.84 Å². The molecule has 6 nitrogen and oxygen atoms in total. The molecule has 6 rings (SSSR count). The number of sulfone groups is 1. The largest absolute Gasteiger partial charge is 0.508 e. The van der Waals surface area contributed by atoms with Crippen molar-refractivity contribution < 1.29 is 23.0 Å². The van der Waals surface area contributed by atoms with Crippen LogP contribution in [-0.2, 0) is 16.3 Å². The molecular formula is C31H32ClNO5S. The van der Waals surface area contributed by atoms with Gasteiger partial charge in [0.25, 0.3) is 0 Å². The van der Waals surface area contributed by atoms with Gasteiger partial charge in [-0.05, 0) is 110 Å². The van der Waals surface area contributed by atoms with E-state index in [0.717, 1.165) is 52.8 Å². The molecule has 0 unspecified atom stereocenters. The number of phenols is 1. The highest BCUT2D eigenvalue weighted by Crippen LogP contribution is 2.42. The van der Waals surface area contributed by atoms with Gasteiger partial charge in [0.05, 0.1) is 10.6 Å². The minimum atomic E-state index is -3.19. The van der Waals surface area contributed by atoms with Crippen LogP contribution in [0.25, 0.3) is 21.9 Å². The van der Waals surface area contributed by atoms with Crippen LogP contribution in [0.2, 0.25) is 0 Å². The molecular weight excluding hydrogens is 534 g/mol. The van der Waals surface area contributed by atoms with Gasteiger partial charge in [0.1, 0.15) is 29.6 Å². The quantitative estimate of drug-likeness (QED) is 0.271. The Hall–Kier alpha value is -3.26. The first-order valence-electron chi connectivity index (χ1n) is 13.2. The van der Waals surface area contributed by atoms with Gasteiger partial charge < -0.3 is 14.6 Å². The lowest BCUT2D eigenvalue weighted by atomic mass is 9.97. The molecule has 39 heavy (non-hydrogen) atoms. The maximum atomic E-state index is 12.3. The van der Waals surface area contributed by atoms with Crippen molar-refractivity contribution in [3.05, 3.63) is 78.4 Å². The lowest BCUT2D eigenvalue weighted by Gasteiger charge is -2.26. The first-order valence-corrected chi connectivity index (χ1v) is 14.9. The Bertz CT molecular complexity index is 1580. The maximum Gasteiger partial charge on any atom is 0.178 e. The van der Waals surface area contributed by atoms with Gasteiger partial charge in [-0.25, -0.2) is 8.42 Å². The summed E-state index contributed by atoms with van der Waals surface area (Å²) in [5.41, 5.74) is 2.59. The predicted molar refractivity (Wildman–Crippen MR) is 156 cm³/mol. The van der Waals surface area contributed by atoms with Crippen molar-refractivity contribution in [2.75, 3.05) is 32.0 Å². The van der Waals surface area contributed by atoms with Crippen molar-refractivity contribution in [1.82, 2.24) is 4.90 Å². The Morgan fingerprint density at radius 2 is 1.62 bits per heavy atom. The van der Waals surface area contributed by atoms with E-state index in [4.69, 9.17) is 9.47 Å². The Morgan fingerprint density at radius 3 is 2.41 bits per heavy atom. The normalized spacial score (nSPS) is 16.4. The molecule has 204 valence electrons. The number of fused-ring (bicyclic) bond motifs is 2. The van der Waals surface area contributed by atoms with Crippen LogP contribution >= 0.6 is 12.4 Å². The van der Waals surface area contributed by atoms with Crippen LogP contribution in [0.4, 0.5) is 0 Å². The van der Waals surface area contributed by atoms with Crippen LogP contribution in [-0.4, -0.2) is 50.4 Å². The molecule has 0 atom stereocenters. The van der Waals surface area contributed by atoms with Crippen LogP contribution < -0.4 is 9.47 Å². The highest BCUT2D eigenvalue weighted by Gasteiger charge is 2.26. The van der Waals surface area contributed by atoms with Gasteiger partial charge in [0.2, 0.25) is 0 Å². The summed E-state index contributed by atoms with van der Waals surface area (Å²) in [5, 5.41) is 11.7. The Balaban J connectivity index is 0.00000308. The molecule has 1 saturated heterocycles. The summed E-state index contributed by atoms with van der Waals surface area (Å²) in [6.07, 6.45) is 4.38. The maximum absolute atomic E-state index is 12.3. The van der Waals surface area contributed by atoms with Crippen molar-refractivity contribution in [2.45, 2.75) is 30.6 Å². The lowest BCUT2D eigenvalue weighted by molar-refractivity contribution is 0.183. The molecule has 0 aromatic heterocycles. The summed E-state index contributed by atoms with van der Waals surface area (Å²) in [7, 11) is -3.19. The number of rotatable bonds is 7. The average molecular weight is 566 g/mol. The van der Waals surface area contributed by atoms with Gasteiger partial charge in [0, 0.05) is 17.5 Å². The highest BCUT2D eigenvalue weighted by atomic mass is 35.5. The van der Waals surface area contributed by atoms with E-state index >= 15 is 0 Å². The van der Waals surface area contributed by atoms with E-state index in [9.17, 15) is 13.5 Å². The third-order valence-electron chi connectivity index (χ3n) is 7.47. The Labute approximate surface area is 235 Å². The number of likely N-dealkylation sites (tertiary alicyclic amines) is 1. The number of ether oxygens (including phenoxy) is 2. The molecule has 2 aliphatic rings. The van der Waals surface area contributed by atoms with E-state index in [2.05, 4.69) is 4.90 Å².